The Morgan fingerprint density at radius 1 is 0.268 bits per heavy atom. The van der Waals surface area contributed by atoms with Gasteiger partial charge >= 0.3 is 33.6 Å². The third-order valence-corrected chi connectivity index (χ3v) is 1.00. The van der Waals surface area contributed by atoms with Gasteiger partial charge in [0.15, 0.2) is 0 Å². The van der Waals surface area contributed by atoms with Gasteiger partial charge in [-0.1, -0.05) is 0 Å². The molecule has 0 bridgehead atoms. The van der Waals surface area contributed by atoms with Crippen molar-refractivity contribution < 1.29 is 86.1 Å². The normalized spacial score (nSPS) is 8.63. The van der Waals surface area contributed by atoms with Crippen molar-refractivity contribution >= 4 is 31.2 Å². The first-order valence-corrected chi connectivity index (χ1v) is 13.9. The van der Waals surface area contributed by atoms with Gasteiger partial charge in [-0.3, -0.25) is 25.3 Å². The van der Waals surface area contributed by atoms with Crippen molar-refractivity contribution in [2.45, 2.75) is 0 Å². The fraction of sp³-hybridized carbons (Fsp3) is 1.00. The van der Waals surface area contributed by atoms with E-state index in [0.29, 0.717) is 78.5 Å². The first kappa shape index (κ1) is 73.0. The van der Waals surface area contributed by atoms with Gasteiger partial charge in [0.1, 0.15) is 0 Å². The molecule has 0 amide bonds. The smallest absolute Gasteiger partial charge is 0.759 e. The molecule has 41 heavy (non-hydrogen) atoms. The van der Waals surface area contributed by atoms with E-state index in [1.807, 2.05) is 0 Å². The minimum Gasteiger partial charge on any atom is -0.759 e. The number of rotatable bonds is 6. The molecule has 0 saturated carbocycles. The van der Waals surface area contributed by atoms with Crippen molar-refractivity contribution in [2.24, 2.45) is 68.8 Å². The topological polar surface area (TPSA) is 553 Å². The molecular weight excluding hydrogens is 718 g/mol. The first-order chi connectivity index (χ1) is 17.5. The molecule has 0 heterocycles. The molecule has 0 aliphatic carbocycles. The molecule has 0 rings (SSSR count). The Balaban J connectivity index is -0.0000000273. The quantitative estimate of drug-likeness (QED) is 0.0882. The summed E-state index contributed by atoms with van der Waals surface area (Å²) in [6.45, 7) is 7.17. The van der Waals surface area contributed by atoms with Crippen LogP contribution in [-0.2, 0) is 64.8 Å². The molecule has 29 heteroatoms. The summed E-state index contributed by atoms with van der Waals surface area (Å²) >= 11 is 0. The molecule has 0 aliphatic heterocycles. The van der Waals surface area contributed by atoms with Gasteiger partial charge < -0.3 is 96.1 Å². The van der Waals surface area contributed by atoms with Crippen molar-refractivity contribution in [2.75, 3.05) is 78.5 Å². The maximum Gasteiger partial charge on any atom is 3.00 e. The molecule has 0 radical (unpaired) electrons. The fourth-order valence-electron chi connectivity index (χ4n) is 0. The third-order valence-electron chi connectivity index (χ3n) is 1.00. The van der Waals surface area contributed by atoms with Crippen LogP contribution in [0.25, 0.3) is 0 Å². The van der Waals surface area contributed by atoms with E-state index < -0.39 is 31.2 Å². The Morgan fingerprint density at radius 2 is 0.293 bits per heavy atom. The van der Waals surface area contributed by atoms with Crippen LogP contribution in [-0.4, -0.2) is 131 Å². The summed E-state index contributed by atoms with van der Waals surface area (Å²) in [6, 6.07) is 0. The number of nitrogens with two attached hydrogens (primary N) is 12. The van der Waals surface area contributed by atoms with Gasteiger partial charge in [-0.15, -0.1) is 0 Å². The second kappa shape index (κ2) is 67.7. The minimum absolute atomic E-state index is 0. The summed E-state index contributed by atoms with van der Waals surface area (Å²) in [7, 11) is -15.5. The average molecular weight is 767 g/mol. The van der Waals surface area contributed by atoms with Crippen molar-refractivity contribution in [1.29, 1.82) is 0 Å². The van der Waals surface area contributed by atoms with E-state index in [2.05, 4.69) is 0 Å². The van der Waals surface area contributed by atoms with Crippen LogP contribution in [0.2, 0.25) is 0 Å². The Morgan fingerprint density at radius 3 is 0.293 bits per heavy atom. The molecule has 0 aliphatic rings. The summed E-state index contributed by atoms with van der Waals surface area (Å²) in [5.41, 5.74) is 58.8. The summed E-state index contributed by atoms with van der Waals surface area (Å²) < 4.78 is 102. The van der Waals surface area contributed by atoms with Crippen molar-refractivity contribution in [3.8, 4) is 0 Å². The Hall–Kier alpha value is 0.143. The van der Waals surface area contributed by atoms with Crippen LogP contribution in [0.5, 0.6) is 0 Å². The van der Waals surface area contributed by atoms with Crippen LogP contribution in [0, 0.1) is 0 Å². The molecule has 0 aromatic heterocycles. The standard InChI is InChI=1S/6C2H8N2.2Co.3H2O4S/c6*3-1-2-4;;;3*1-5(2,3)4/h6*1-4H2;;;3*(H2,1,2,3,4)/q;;;;;;2*+3;;;/p-6. The monoisotopic (exact) mass is 766 g/mol. The van der Waals surface area contributed by atoms with E-state index in [1.54, 1.807) is 0 Å². The summed E-state index contributed by atoms with van der Waals surface area (Å²) in [5, 5.41) is 0. The molecule has 24 nitrogen and oxygen atoms in total. The van der Waals surface area contributed by atoms with E-state index in [1.165, 1.54) is 0 Å². The van der Waals surface area contributed by atoms with Crippen LogP contribution in [0.3, 0.4) is 0 Å². The first-order valence-electron chi connectivity index (χ1n) is 9.90. The molecule has 24 N–H and O–H groups in total. The molecule has 264 valence electrons. The molecule has 0 saturated heterocycles. The second-order valence-electron chi connectivity index (χ2n) is 4.69. The number of hydrogen-bond acceptors (Lipinski definition) is 24. The van der Waals surface area contributed by atoms with Gasteiger partial charge in [0, 0.05) is 110 Å². The van der Waals surface area contributed by atoms with E-state index in [4.69, 9.17) is 121 Å². The van der Waals surface area contributed by atoms with Crippen LogP contribution in [0.4, 0.5) is 0 Å². The predicted molar refractivity (Wildman–Crippen MR) is 140 cm³/mol. The van der Waals surface area contributed by atoms with Crippen molar-refractivity contribution in [3.63, 3.8) is 0 Å². The second-order valence-corrected chi connectivity index (χ2v) is 7.14. The van der Waals surface area contributed by atoms with Gasteiger partial charge in [0.05, 0.1) is 0 Å². The van der Waals surface area contributed by atoms with Crippen molar-refractivity contribution in [1.82, 2.24) is 0 Å². The molecule has 0 atom stereocenters. The summed E-state index contributed by atoms with van der Waals surface area (Å²) in [4.78, 5) is 0. The molecule has 0 unspecified atom stereocenters. The van der Waals surface area contributed by atoms with Gasteiger partial charge in [-0.2, -0.15) is 0 Å². The number of hydrogen-bond donors (Lipinski definition) is 12. The Bertz CT molecular complexity index is 532. The van der Waals surface area contributed by atoms with Crippen LogP contribution in [0.15, 0.2) is 0 Å². The van der Waals surface area contributed by atoms with E-state index in [9.17, 15) is 0 Å². The maximum atomic E-state index is 8.52. The molecule has 0 aromatic rings. The zero-order valence-corrected chi connectivity index (χ0v) is 26.7. The minimum atomic E-state index is -5.17. The molecule has 0 spiro atoms. The largest absolute Gasteiger partial charge is 3.00 e. The fourth-order valence-corrected chi connectivity index (χ4v) is 0. The molecular formula is C12H48Co2N12O12S3. The van der Waals surface area contributed by atoms with Crippen LogP contribution in [0.1, 0.15) is 0 Å². The van der Waals surface area contributed by atoms with Gasteiger partial charge in [-0.05, 0) is 0 Å². The van der Waals surface area contributed by atoms with E-state index in [0.717, 1.165) is 0 Å². The SMILES string of the molecule is NCCN.NCCN.NCCN.NCCN.NCCN.NCCN.O=S(=O)([O-])[O-].O=S(=O)([O-])[O-].O=S(=O)([O-])[O-].[Co+3].[Co+3]. The van der Waals surface area contributed by atoms with E-state index in [-0.39, 0.29) is 33.6 Å². The summed E-state index contributed by atoms with van der Waals surface area (Å²) in [5.74, 6) is 0. The molecule has 0 aromatic carbocycles. The van der Waals surface area contributed by atoms with Gasteiger partial charge in [0.2, 0.25) is 0 Å². The van der Waals surface area contributed by atoms with E-state index >= 15 is 0 Å². The van der Waals surface area contributed by atoms with Gasteiger partial charge in [0.25, 0.3) is 0 Å². The zero-order valence-electron chi connectivity index (χ0n) is 22.2. The van der Waals surface area contributed by atoms with Gasteiger partial charge in [-0.25, -0.2) is 0 Å². The predicted octanol–water partition coefficient (Wildman–Crippen LogP) is -10.6. The Kier molecular flexibility index (Phi) is 120. The third kappa shape index (κ3) is 1550. The Labute approximate surface area is 263 Å². The maximum absolute atomic E-state index is 8.52. The van der Waals surface area contributed by atoms with Crippen molar-refractivity contribution in [3.05, 3.63) is 0 Å². The molecule has 0 fully saturated rings. The summed E-state index contributed by atoms with van der Waals surface area (Å²) in [6.07, 6.45) is 0. The van der Waals surface area contributed by atoms with Crippen LogP contribution < -0.4 is 68.8 Å². The van der Waals surface area contributed by atoms with Crippen LogP contribution >= 0.6 is 0 Å². The zero-order chi connectivity index (χ0) is 34.0. The average Bonchev–Trinajstić information content (AvgIpc) is 2.81.